The number of hydrogen-bond donors (Lipinski definition) is 1. The summed E-state index contributed by atoms with van der Waals surface area (Å²) in [7, 11) is -3.54. The van der Waals surface area contributed by atoms with E-state index in [9.17, 15) is 13.2 Å². The van der Waals surface area contributed by atoms with E-state index in [1.54, 1.807) is 31.2 Å². The van der Waals surface area contributed by atoms with E-state index in [4.69, 9.17) is 4.74 Å². The fourth-order valence-electron chi connectivity index (χ4n) is 2.80. The van der Waals surface area contributed by atoms with Gasteiger partial charge in [0.2, 0.25) is 10.0 Å². The van der Waals surface area contributed by atoms with Gasteiger partial charge in [0.25, 0.3) is 0 Å². The maximum absolute atomic E-state index is 12.9. The molecule has 1 fully saturated rings. The van der Waals surface area contributed by atoms with E-state index < -0.39 is 10.0 Å². The van der Waals surface area contributed by atoms with Gasteiger partial charge in [-0.2, -0.15) is 4.31 Å². The van der Waals surface area contributed by atoms with Crippen molar-refractivity contribution in [2.24, 2.45) is 0 Å². The Bertz CT molecular complexity index is 860. The molecule has 1 unspecified atom stereocenters. The molecule has 1 N–H and O–H groups in total. The van der Waals surface area contributed by atoms with Crippen molar-refractivity contribution in [2.75, 3.05) is 26.2 Å². The second-order valence-electron chi connectivity index (χ2n) is 5.70. The Labute approximate surface area is 145 Å². The van der Waals surface area contributed by atoms with E-state index >= 15 is 0 Å². The van der Waals surface area contributed by atoms with Gasteiger partial charge >= 0.3 is 5.97 Å². The van der Waals surface area contributed by atoms with Crippen LogP contribution in [0.2, 0.25) is 0 Å². The molecule has 1 atom stereocenters. The molecule has 1 aliphatic heterocycles. The molecule has 0 radical (unpaired) electrons. The summed E-state index contributed by atoms with van der Waals surface area (Å²) in [5, 5.41) is 3.93. The van der Waals surface area contributed by atoms with E-state index in [2.05, 4.69) is 5.32 Å². The van der Waals surface area contributed by atoms with Gasteiger partial charge in [-0.1, -0.05) is 0 Å². The Morgan fingerprint density at radius 1 is 1.42 bits per heavy atom. The Hall–Kier alpha value is -1.48. The monoisotopic (exact) mass is 368 g/mol. The van der Waals surface area contributed by atoms with E-state index in [-0.39, 0.29) is 16.9 Å². The minimum Gasteiger partial charge on any atom is -0.462 e. The number of sulfonamides is 1. The van der Waals surface area contributed by atoms with Gasteiger partial charge in [-0.3, -0.25) is 0 Å². The lowest BCUT2D eigenvalue weighted by molar-refractivity contribution is 0.0532. The minimum atomic E-state index is -3.54. The molecule has 8 heteroatoms. The summed E-state index contributed by atoms with van der Waals surface area (Å²) in [4.78, 5) is 12.6. The van der Waals surface area contributed by atoms with Crippen LogP contribution in [0.5, 0.6) is 0 Å². The summed E-state index contributed by atoms with van der Waals surface area (Å²) in [5.74, 6) is -0.376. The van der Waals surface area contributed by atoms with Crippen molar-refractivity contribution in [3.05, 3.63) is 29.1 Å². The highest BCUT2D eigenvalue weighted by Crippen LogP contribution is 2.30. The lowest BCUT2D eigenvalue weighted by atomic mass is 10.2. The first-order chi connectivity index (χ1) is 11.4. The number of nitrogens with one attached hydrogen (secondary N) is 1. The molecule has 1 aliphatic rings. The van der Waals surface area contributed by atoms with Crippen LogP contribution in [0.15, 0.2) is 29.2 Å². The molecule has 1 saturated heterocycles. The number of nitrogens with zero attached hydrogens (tertiary/aromatic N) is 1. The summed E-state index contributed by atoms with van der Waals surface area (Å²) in [5.41, 5.74) is 0. The highest BCUT2D eigenvalue weighted by atomic mass is 32.2. The molecule has 3 rings (SSSR count). The number of carbonyl (C=O) groups excluding carboxylic acids is 1. The number of carbonyl (C=O) groups is 1. The number of rotatable bonds is 4. The number of esters is 1. The second-order valence-corrected chi connectivity index (χ2v) is 8.67. The lowest BCUT2D eigenvalue weighted by Crippen LogP contribution is -2.52. The van der Waals surface area contributed by atoms with Crippen LogP contribution in [0.25, 0.3) is 10.1 Å². The zero-order valence-corrected chi connectivity index (χ0v) is 15.2. The third-order valence-corrected chi connectivity index (χ3v) is 7.12. The molecule has 0 saturated carbocycles. The third kappa shape index (κ3) is 3.19. The topological polar surface area (TPSA) is 75.7 Å². The SMILES string of the molecule is CCOC(=O)c1cc2cc(S(=O)(=O)N3CCNCC3C)ccc2s1. The van der Waals surface area contributed by atoms with Crippen molar-refractivity contribution in [3.63, 3.8) is 0 Å². The zero-order chi connectivity index (χ0) is 17.3. The fourth-order valence-corrected chi connectivity index (χ4v) is 5.40. The summed E-state index contributed by atoms with van der Waals surface area (Å²) in [6.45, 7) is 5.72. The van der Waals surface area contributed by atoms with Crippen LogP contribution in [0, 0.1) is 0 Å². The second kappa shape index (κ2) is 6.79. The molecule has 2 heterocycles. The summed E-state index contributed by atoms with van der Waals surface area (Å²) < 4.78 is 33.2. The van der Waals surface area contributed by atoms with E-state index in [0.717, 1.165) is 10.1 Å². The maximum atomic E-state index is 12.9. The molecule has 130 valence electrons. The first-order valence-electron chi connectivity index (χ1n) is 7.86. The fraction of sp³-hybridized carbons (Fsp3) is 0.438. The zero-order valence-electron chi connectivity index (χ0n) is 13.6. The van der Waals surface area contributed by atoms with Crippen molar-refractivity contribution in [1.82, 2.24) is 9.62 Å². The molecule has 0 spiro atoms. The van der Waals surface area contributed by atoms with Gasteiger partial charge in [-0.25, -0.2) is 13.2 Å². The molecular weight excluding hydrogens is 348 g/mol. The van der Waals surface area contributed by atoms with Gasteiger partial charge in [-0.15, -0.1) is 11.3 Å². The minimum absolute atomic E-state index is 0.0861. The normalized spacial score (nSPS) is 19.5. The van der Waals surface area contributed by atoms with Gasteiger partial charge < -0.3 is 10.1 Å². The number of fused-ring (bicyclic) bond motifs is 1. The molecule has 1 aromatic heterocycles. The number of piperazine rings is 1. The molecule has 2 aromatic rings. The number of ether oxygens (including phenoxy) is 1. The Morgan fingerprint density at radius 2 is 2.21 bits per heavy atom. The Morgan fingerprint density at radius 3 is 2.92 bits per heavy atom. The Balaban J connectivity index is 1.96. The molecule has 0 aliphatic carbocycles. The standard InChI is InChI=1S/C16H20N2O4S2/c1-3-22-16(19)15-9-12-8-13(4-5-14(12)23-15)24(20,21)18-7-6-17-10-11(18)2/h4-5,8-9,11,17H,3,6-7,10H2,1-2H3. The molecule has 24 heavy (non-hydrogen) atoms. The third-order valence-electron chi connectivity index (χ3n) is 4.01. The number of benzene rings is 1. The highest BCUT2D eigenvalue weighted by Gasteiger charge is 2.31. The molecule has 6 nitrogen and oxygen atoms in total. The highest BCUT2D eigenvalue weighted by molar-refractivity contribution is 7.89. The number of thiophene rings is 1. The van der Waals surface area contributed by atoms with E-state index in [0.29, 0.717) is 31.1 Å². The van der Waals surface area contributed by atoms with Crippen molar-refractivity contribution in [2.45, 2.75) is 24.8 Å². The molecule has 0 bridgehead atoms. The summed E-state index contributed by atoms with van der Waals surface area (Å²) >= 11 is 1.31. The van der Waals surface area contributed by atoms with Crippen molar-refractivity contribution in [1.29, 1.82) is 0 Å². The van der Waals surface area contributed by atoms with Crippen molar-refractivity contribution >= 4 is 37.4 Å². The van der Waals surface area contributed by atoms with E-state index in [1.165, 1.54) is 15.6 Å². The van der Waals surface area contributed by atoms with Gasteiger partial charge in [0.1, 0.15) is 4.88 Å². The molecule has 0 amide bonds. The van der Waals surface area contributed by atoms with Gasteiger partial charge in [0, 0.05) is 30.4 Å². The average molecular weight is 368 g/mol. The van der Waals surface area contributed by atoms with Crippen LogP contribution < -0.4 is 5.32 Å². The first-order valence-corrected chi connectivity index (χ1v) is 10.1. The van der Waals surface area contributed by atoms with Gasteiger partial charge in [0.15, 0.2) is 0 Å². The van der Waals surface area contributed by atoms with E-state index in [1.807, 2.05) is 6.92 Å². The van der Waals surface area contributed by atoms with Gasteiger partial charge in [-0.05, 0) is 43.5 Å². The first kappa shape index (κ1) is 17.3. The predicted octanol–water partition coefficient (Wildman–Crippen LogP) is 2.06. The average Bonchev–Trinajstić information content (AvgIpc) is 2.98. The van der Waals surface area contributed by atoms with Crippen molar-refractivity contribution in [3.8, 4) is 0 Å². The maximum Gasteiger partial charge on any atom is 0.348 e. The van der Waals surface area contributed by atoms with Gasteiger partial charge in [0.05, 0.1) is 11.5 Å². The largest absolute Gasteiger partial charge is 0.462 e. The lowest BCUT2D eigenvalue weighted by Gasteiger charge is -2.32. The van der Waals surface area contributed by atoms with Crippen LogP contribution >= 0.6 is 11.3 Å². The summed E-state index contributed by atoms with van der Waals surface area (Å²) in [6, 6.07) is 6.61. The van der Waals surface area contributed by atoms with Crippen LogP contribution in [0.1, 0.15) is 23.5 Å². The van der Waals surface area contributed by atoms with Crippen LogP contribution in [0.3, 0.4) is 0 Å². The Kier molecular flexibility index (Phi) is 4.91. The van der Waals surface area contributed by atoms with Crippen LogP contribution in [-0.4, -0.2) is 51.0 Å². The molecular formula is C16H20N2O4S2. The summed E-state index contributed by atoms with van der Waals surface area (Å²) in [6.07, 6.45) is 0. The number of hydrogen-bond acceptors (Lipinski definition) is 6. The predicted molar refractivity (Wildman–Crippen MR) is 94.0 cm³/mol. The van der Waals surface area contributed by atoms with Crippen LogP contribution in [-0.2, 0) is 14.8 Å². The quantitative estimate of drug-likeness (QED) is 0.836. The van der Waals surface area contributed by atoms with Crippen LogP contribution in [0.4, 0.5) is 0 Å². The smallest absolute Gasteiger partial charge is 0.348 e. The van der Waals surface area contributed by atoms with Crippen molar-refractivity contribution < 1.29 is 17.9 Å². The molecule has 1 aromatic carbocycles.